The SMILES string of the molecule is CC(=O)O.COCCOCCOC.OCCOCCO. The standard InChI is InChI=1S/C6H14O3.C4H10O3.C2H4O2/c1-7-3-5-9-6-4-8-2;5-1-3-7-4-2-6;1-2(3)4/h3-6H2,1-2H3;5-6H,1-4H2;1H3,(H,3,4). The smallest absolute Gasteiger partial charge is 0.300 e. The zero-order valence-corrected chi connectivity index (χ0v) is 12.5. The molecule has 0 saturated carbocycles. The van der Waals surface area contributed by atoms with Gasteiger partial charge in [-0.25, -0.2) is 0 Å². The van der Waals surface area contributed by atoms with Crippen LogP contribution in [0.2, 0.25) is 0 Å². The molecule has 0 aromatic rings. The second-order valence-corrected chi connectivity index (χ2v) is 3.18. The third-order valence-corrected chi connectivity index (χ3v) is 1.33. The average Bonchev–Trinajstić information content (AvgIpc) is 2.39. The number of rotatable bonds is 10. The summed E-state index contributed by atoms with van der Waals surface area (Å²) >= 11 is 0. The molecule has 0 aromatic carbocycles. The molecule has 0 radical (unpaired) electrons. The van der Waals surface area contributed by atoms with E-state index >= 15 is 0 Å². The highest BCUT2D eigenvalue weighted by molar-refractivity contribution is 5.62. The maximum atomic E-state index is 9.00. The summed E-state index contributed by atoms with van der Waals surface area (Å²) in [6.45, 7) is 4.40. The van der Waals surface area contributed by atoms with Gasteiger partial charge in [0.25, 0.3) is 5.97 Å². The number of aliphatic hydroxyl groups excluding tert-OH is 2. The minimum Gasteiger partial charge on any atom is -0.481 e. The van der Waals surface area contributed by atoms with Crippen LogP contribution in [0, 0.1) is 0 Å². The summed E-state index contributed by atoms with van der Waals surface area (Å²) in [5, 5.41) is 23.6. The number of carboxylic acids is 1. The lowest BCUT2D eigenvalue weighted by Gasteiger charge is -2.00. The van der Waals surface area contributed by atoms with Crippen LogP contribution < -0.4 is 0 Å². The molecule has 0 heterocycles. The van der Waals surface area contributed by atoms with Crippen LogP contribution >= 0.6 is 0 Å². The predicted octanol–water partition coefficient (Wildman–Crippen LogP) is -0.626. The van der Waals surface area contributed by atoms with Gasteiger partial charge in [0.2, 0.25) is 0 Å². The van der Waals surface area contributed by atoms with E-state index in [1.165, 1.54) is 0 Å². The van der Waals surface area contributed by atoms with Gasteiger partial charge in [-0.1, -0.05) is 0 Å². The van der Waals surface area contributed by atoms with Crippen molar-refractivity contribution in [3.63, 3.8) is 0 Å². The van der Waals surface area contributed by atoms with E-state index in [9.17, 15) is 0 Å². The van der Waals surface area contributed by atoms with E-state index in [-0.39, 0.29) is 13.2 Å². The molecule has 20 heavy (non-hydrogen) atoms. The molecule has 0 aliphatic carbocycles. The molecule has 0 aromatic heterocycles. The number of methoxy groups -OCH3 is 2. The number of aliphatic carboxylic acids is 1. The highest BCUT2D eigenvalue weighted by atomic mass is 16.5. The maximum absolute atomic E-state index is 9.00. The van der Waals surface area contributed by atoms with Crippen molar-refractivity contribution >= 4 is 5.97 Å². The Morgan fingerprint density at radius 2 is 1.10 bits per heavy atom. The van der Waals surface area contributed by atoms with Crippen molar-refractivity contribution in [3.05, 3.63) is 0 Å². The lowest BCUT2D eigenvalue weighted by Crippen LogP contribution is -2.06. The Balaban J connectivity index is -0.000000234. The minimum absolute atomic E-state index is 0.0278. The van der Waals surface area contributed by atoms with Gasteiger partial charge in [-0.2, -0.15) is 0 Å². The van der Waals surface area contributed by atoms with Crippen LogP contribution in [-0.2, 0) is 23.7 Å². The number of ether oxygens (including phenoxy) is 4. The summed E-state index contributed by atoms with van der Waals surface area (Å²) in [6, 6.07) is 0. The molecule has 0 bridgehead atoms. The molecule has 0 rings (SSSR count). The van der Waals surface area contributed by atoms with Crippen LogP contribution in [0.25, 0.3) is 0 Å². The predicted molar refractivity (Wildman–Crippen MR) is 72.9 cm³/mol. The minimum atomic E-state index is -0.833. The Labute approximate surface area is 120 Å². The molecule has 0 aliphatic heterocycles. The number of aliphatic hydroxyl groups is 2. The summed E-state index contributed by atoms with van der Waals surface area (Å²) in [7, 11) is 3.30. The summed E-state index contributed by atoms with van der Waals surface area (Å²) in [5.74, 6) is -0.833. The van der Waals surface area contributed by atoms with E-state index in [0.717, 1.165) is 6.92 Å². The Morgan fingerprint density at radius 3 is 1.35 bits per heavy atom. The molecular formula is C12H28O8. The van der Waals surface area contributed by atoms with Crippen LogP contribution in [0.5, 0.6) is 0 Å². The van der Waals surface area contributed by atoms with E-state index in [1.807, 2.05) is 0 Å². The summed E-state index contributed by atoms with van der Waals surface area (Å²) in [4.78, 5) is 9.00. The molecule has 0 amide bonds. The Hall–Kier alpha value is -0.770. The van der Waals surface area contributed by atoms with Crippen molar-refractivity contribution in [1.82, 2.24) is 0 Å². The van der Waals surface area contributed by atoms with Gasteiger partial charge in [0.15, 0.2) is 0 Å². The van der Waals surface area contributed by atoms with Gasteiger partial charge in [-0.05, 0) is 0 Å². The molecule has 0 aliphatic rings. The topological polar surface area (TPSA) is 115 Å². The molecule has 8 heteroatoms. The summed E-state index contributed by atoms with van der Waals surface area (Å²) in [6.07, 6.45) is 0. The zero-order chi connectivity index (χ0) is 16.1. The highest BCUT2D eigenvalue weighted by Gasteiger charge is 1.84. The van der Waals surface area contributed by atoms with Gasteiger partial charge in [0.1, 0.15) is 0 Å². The molecule has 0 atom stereocenters. The molecule has 3 N–H and O–H groups in total. The molecule has 0 spiro atoms. The number of hydrogen-bond donors (Lipinski definition) is 3. The van der Waals surface area contributed by atoms with Crippen LogP contribution in [0.4, 0.5) is 0 Å². The third-order valence-electron chi connectivity index (χ3n) is 1.33. The van der Waals surface area contributed by atoms with E-state index in [1.54, 1.807) is 14.2 Å². The first-order valence-corrected chi connectivity index (χ1v) is 6.11. The van der Waals surface area contributed by atoms with E-state index < -0.39 is 5.97 Å². The van der Waals surface area contributed by atoms with Gasteiger partial charge in [0.05, 0.1) is 52.9 Å². The monoisotopic (exact) mass is 300 g/mol. The first-order chi connectivity index (χ1) is 9.56. The van der Waals surface area contributed by atoms with Crippen LogP contribution in [0.1, 0.15) is 6.92 Å². The Bertz CT molecular complexity index is 152. The van der Waals surface area contributed by atoms with Gasteiger partial charge in [-0.3, -0.25) is 4.79 Å². The van der Waals surface area contributed by atoms with Gasteiger partial charge in [-0.15, -0.1) is 0 Å². The third kappa shape index (κ3) is 53.3. The van der Waals surface area contributed by atoms with Gasteiger partial charge in [0, 0.05) is 21.1 Å². The average molecular weight is 300 g/mol. The quantitative estimate of drug-likeness (QED) is 0.457. The van der Waals surface area contributed by atoms with Crippen molar-refractivity contribution < 1.29 is 39.1 Å². The van der Waals surface area contributed by atoms with Crippen molar-refractivity contribution in [2.24, 2.45) is 0 Å². The number of carboxylic acid groups (broad SMARTS) is 1. The second kappa shape index (κ2) is 26.7. The maximum Gasteiger partial charge on any atom is 0.300 e. The van der Waals surface area contributed by atoms with Crippen LogP contribution in [0.15, 0.2) is 0 Å². The van der Waals surface area contributed by atoms with E-state index in [2.05, 4.69) is 4.74 Å². The van der Waals surface area contributed by atoms with Crippen LogP contribution in [0.3, 0.4) is 0 Å². The van der Waals surface area contributed by atoms with Gasteiger partial charge < -0.3 is 34.3 Å². The molecule has 0 saturated heterocycles. The van der Waals surface area contributed by atoms with E-state index in [4.69, 9.17) is 34.3 Å². The first kappa shape index (κ1) is 24.3. The second-order valence-electron chi connectivity index (χ2n) is 3.18. The molecule has 0 fully saturated rings. The van der Waals surface area contributed by atoms with E-state index in [0.29, 0.717) is 39.6 Å². The molecule has 124 valence electrons. The fraction of sp³-hybridized carbons (Fsp3) is 0.917. The fourth-order valence-corrected chi connectivity index (χ4v) is 0.618. The fourth-order valence-electron chi connectivity index (χ4n) is 0.618. The van der Waals surface area contributed by atoms with Gasteiger partial charge >= 0.3 is 0 Å². The first-order valence-electron chi connectivity index (χ1n) is 6.11. The van der Waals surface area contributed by atoms with Crippen molar-refractivity contribution in [3.8, 4) is 0 Å². The Morgan fingerprint density at radius 1 is 0.800 bits per heavy atom. The summed E-state index contributed by atoms with van der Waals surface area (Å²) in [5.41, 5.74) is 0. The molecular weight excluding hydrogens is 272 g/mol. The molecule has 8 nitrogen and oxygen atoms in total. The largest absolute Gasteiger partial charge is 0.481 e. The number of hydrogen-bond acceptors (Lipinski definition) is 7. The molecule has 0 unspecified atom stereocenters. The Kier molecular flexibility index (Phi) is 32.4. The van der Waals surface area contributed by atoms with Crippen molar-refractivity contribution in [1.29, 1.82) is 0 Å². The normalized spacial score (nSPS) is 9.05. The highest BCUT2D eigenvalue weighted by Crippen LogP contribution is 1.75. The number of carbonyl (C=O) groups is 1. The van der Waals surface area contributed by atoms with Crippen molar-refractivity contribution in [2.45, 2.75) is 6.92 Å². The zero-order valence-electron chi connectivity index (χ0n) is 12.5. The lowest BCUT2D eigenvalue weighted by molar-refractivity contribution is -0.134. The van der Waals surface area contributed by atoms with Crippen molar-refractivity contribution in [2.75, 3.05) is 67.1 Å². The summed E-state index contributed by atoms with van der Waals surface area (Å²) < 4.78 is 19.2. The lowest BCUT2D eigenvalue weighted by atomic mass is 10.7. The van der Waals surface area contributed by atoms with Crippen LogP contribution in [-0.4, -0.2) is 88.4 Å².